The summed E-state index contributed by atoms with van der Waals surface area (Å²) in [5.41, 5.74) is 1.54. The van der Waals surface area contributed by atoms with Crippen molar-refractivity contribution in [3.05, 3.63) is 78.1 Å². The van der Waals surface area contributed by atoms with Crippen LogP contribution in [0.2, 0.25) is 0 Å². The molecule has 1 heterocycles. The first-order valence-corrected chi connectivity index (χ1v) is 8.48. The first-order chi connectivity index (χ1) is 12.8. The van der Waals surface area contributed by atoms with Crippen LogP contribution in [0.1, 0.15) is 18.3 Å². The van der Waals surface area contributed by atoms with Crippen molar-refractivity contribution in [1.29, 1.82) is 0 Å². The van der Waals surface area contributed by atoms with Gasteiger partial charge in [0.1, 0.15) is 12.1 Å². The molecule has 0 amide bonds. The number of nitrogens with one attached hydrogen (secondary N) is 2. The summed E-state index contributed by atoms with van der Waals surface area (Å²) in [6.07, 6.45) is 1.68. The van der Waals surface area contributed by atoms with Crippen molar-refractivity contribution in [1.82, 2.24) is 25.4 Å². The molecule has 26 heavy (non-hydrogen) atoms. The van der Waals surface area contributed by atoms with Crippen LogP contribution in [0.5, 0.6) is 0 Å². The van der Waals surface area contributed by atoms with E-state index in [1.165, 1.54) is 6.07 Å². The zero-order valence-electron chi connectivity index (χ0n) is 14.6. The van der Waals surface area contributed by atoms with Crippen molar-refractivity contribution in [2.24, 2.45) is 4.99 Å². The molecule has 3 aromatic rings. The van der Waals surface area contributed by atoms with Gasteiger partial charge in [-0.05, 0) is 25.1 Å². The molecule has 2 N–H and O–H groups in total. The second kappa shape index (κ2) is 8.75. The van der Waals surface area contributed by atoms with Crippen molar-refractivity contribution in [3.63, 3.8) is 0 Å². The maximum absolute atomic E-state index is 13.7. The second-order valence-electron chi connectivity index (χ2n) is 5.59. The average Bonchev–Trinajstić information content (AvgIpc) is 3.14. The van der Waals surface area contributed by atoms with E-state index in [1.54, 1.807) is 24.5 Å². The molecule has 0 atom stereocenters. The summed E-state index contributed by atoms with van der Waals surface area (Å²) in [6, 6.07) is 16.5. The van der Waals surface area contributed by atoms with Gasteiger partial charge in [-0.3, -0.25) is 4.57 Å². The average molecular weight is 352 g/mol. The standard InChI is InChI=1S/C19H21FN6/c1-2-21-19(22-12-15-8-6-7-11-17(15)20)23-13-18-25-24-14-26(18)16-9-4-3-5-10-16/h3-11,14H,2,12-13H2,1H3,(H2,21,22,23). The van der Waals surface area contributed by atoms with Crippen LogP contribution in [0.15, 0.2) is 65.9 Å². The first-order valence-electron chi connectivity index (χ1n) is 8.48. The molecule has 0 aliphatic heterocycles. The van der Waals surface area contributed by atoms with Gasteiger partial charge >= 0.3 is 0 Å². The summed E-state index contributed by atoms with van der Waals surface area (Å²) in [4.78, 5) is 4.44. The van der Waals surface area contributed by atoms with Crippen LogP contribution in [0, 0.1) is 5.82 Å². The Morgan fingerprint density at radius 1 is 1.08 bits per heavy atom. The Morgan fingerprint density at radius 2 is 1.85 bits per heavy atom. The molecule has 2 aromatic carbocycles. The van der Waals surface area contributed by atoms with Crippen LogP contribution in [-0.2, 0) is 13.1 Å². The topological polar surface area (TPSA) is 67.1 Å². The Kier molecular flexibility index (Phi) is 5.92. The highest BCUT2D eigenvalue weighted by Gasteiger charge is 2.07. The molecular weight excluding hydrogens is 331 g/mol. The van der Waals surface area contributed by atoms with Crippen LogP contribution in [-0.4, -0.2) is 27.3 Å². The molecule has 134 valence electrons. The Balaban J connectivity index is 1.69. The molecule has 0 aliphatic carbocycles. The van der Waals surface area contributed by atoms with Crippen molar-refractivity contribution < 1.29 is 4.39 Å². The van der Waals surface area contributed by atoms with Gasteiger partial charge in [-0.2, -0.15) is 0 Å². The molecule has 0 radical (unpaired) electrons. The molecule has 0 saturated carbocycles. The van der Waals surface area contributed by atoms with Crippen molar-refractivity contribution in [3.8, 4) is 5.69 Å². The van der Waals surface area contributed by atoms with E-state index in [9.17, 15) is 4.39 Å². The highest BCUT2D eigenvalue weighted by atomic mass is 19.1. The molecule has 0 aliphatic rings. The monoisotopic (exact) mass is 352 g/mol. The van der Waals surface area contributed by atoms with Crippen molar-refractivity contribution in [2.45, 2.75) is 20.0 Å². The highest BCUT2D eigenvalue weighted by Crippen LogP contribution is 2.09. The van der Waals surface area contributed by atoms with Gasteiger partial charge in [-0.25, -0.2) is 9.38 Å². The number of guanidine groups is 1. The van der Waals surface area contributed by atoms with Crippen LogP contribution >= 0.6 is 0 Å². The lowest BCUT2D eigenvalue weighted by atomic mass is 10.2. The minimum Gasteiger partial charge on any atom is -0.357 e. The third-order valence-corrected chi connectivity index (χ3v) is 3.78. The molecule has 0 saturated heterocycles. The number of benzene rings is 2. The minimum absolute atomic E-state index is 0.254. The summed E-state index contributed by atoms with van der Waals surface area (Å²) in [5.74, 6) is 1.10. The predicted octanol–water partition coefficient (Wildman–Crippen LogP) is 2.66. The van der Waals surface area contributed by atoms with E-state index in [0.29, 0.717) is 24.6 Å². The Labute approximate surface area is 151 Å². The summed E-state index contributed by atoms with van der Waals surface area (Å²) >= 11 is 0. The number of hydrogen-bond acceptors (Lipinski definition) is 3. The van der Waals surface area contributed by atoms with E-state index < -0.39 is 0 Å². The fraction of sp³-hybridized carbons (Fsp3) is 0.211. The number of hydrogen-bond donors (Lipinski definition) is 2. The van der Waals surface area contributed by atoms with Crippen LogP contribution in [0.25, 0.3) is 5.69 Å². The summed E-state index contributed by atoms with van der Waals surface area (Å²) in [6.45, 7) is 3.38. The fourth-order valence-electron chi connectivity index (χ4n) is 2.48. The van der Waals surface area contributed by atoms with Gasteiger partial charge in [0.05, 0.1) is 13.1 Å². The van der Waals surface area contributed by atoms with Crippen molar-refractivity contribution in [2.75, 3.05) is 6.54 Å². The largest absolute Gasteiger partial charge is 0.357 e. The Hall–Kier alpha value is -3.22. The smallest absolute Gasteiger partial charge is 0.191 e. The number of para-hydroxylation sites is 1. The lowest BCUT2D eigenvalue weighted by Gasteiger charge is -2.12. The van der Waals surface area contributed by atoms with Crippen LogP contribution in [0.3, 0.4) is 0 Å². The third-order valence-electron chi connectivity index (χ3n) is 3.78. The first kappa shape index (κ1) is 17.6. The number of aliphatic imine (C=N–C) groups is 1. The number of aromatic nitrogens is 3. The molecule has 0 fully saturated rings. The van der Waals surface area contributed by atoms with Gasteiger partial charge in [0.25, 0.3) is 0 Å². The Morgan fingerprint density at radius 3 is 2.62 bits per heavy atom. The van der Waals surface area contributed by atoms with E-state index in [0.717, 1.165) is 11.5 Å². The van der Waals surface area contributed by atoms with E-state index >= 15 is 0 Å². The number of nitrogens with zero attached hydrogens (tertiary/aromatic N) is 4. The lowest BCUT2D eigenvalue weighted by Crippen LogP contribution is -2.37. The van der Waals surface area contributed by atoms with Gasteiger partial charge < -0.3 is 10.6 Å². The third kappa shape index (κ3) is 4.44. The van der Waals surface area contributed by atoms with Gasteiger partial charge in [0.15, 0.2) is 11.8 Å². The molecule has 0 bridgehead atoms. The maximum atomic E-state index is 13.7. The zero-order valence-corrected chi connectivity index (χ0v) is 14.6. The van der Waals surface area contributed by atoms with Crippen LogP contribution in [0.4, 0.5) is 4.39 Å². The second-order valence-corrected chi connectivity index (χ2v) is 5.59. The van der Waals surface area contributed by atoms with Gasteiger partial charge in [-0.1, -0.05) is 36.4 Å². The molecule has 7 heteroatoms. The summed E-state index contributed by atoms with van der Waals surface area (Å²) < 4.78 is 15.7. The van der Waals surface area contributed by atoms with Crippen molar-refractivity contribution >= 4 is 5.96 Å². The van der Waals surface area contributed by atoms with E-state index in [4.69, 9.17) is 0 Å². The van der Waals surface area contributed by atoms with E-state index in [-0.39, 0.29) is 12.4 Å². The highest BCUT2D eigenvalue weighted by molar-refractivity contribution is 5.79. The van der Waals surface area contributed by atoms with E-state index in [1.807, 2.05) is 41.8 Å². The molecule has 0 unspecified atom stereocenters. The normalized spacial score (nSPS) is 11.4. The fourth-order valence-corrected chi connectivity index (χ4v) is 2.48. The Bertz CT molecular complexity index is 859. The predicted molar refractivity (Wildman–Crippen MR) is 99.4 cm³/mol. The maximum Gasteiger partial charge on any atom is 0.191 e. The number of halogens is 1. The molecule has 1 aromatic heterocycles. The van der Waals surface area contributed by atoms with E-state index in [2.05, 4.69) is 25.8 Å². The number of rotatable bonds is 6. The van der Waals surface area contributed by atoms with Gasteiger partial charge in [-0.15, -0.1) is 10.2 Å². The lowest BCUT2D eigenvalue weighted by molar-refractivity contribution is 0.610. The summed E-state index contributed by atoms with van der Waals surface area (Å²) in [5, 5.41) is 14.5. The van der Waals surface area contributed by atoms with Gasteiger partial charge in [0.2, 0.25) is 0 Å². The van der Waals surface area contributed by atoms with Crippen LogP contribution < -0.4 is 10.6 Å². The SMILES string of the molecule is CCNC(=NCc1ccccc1F)NCc1nncn1-c1ccccc1. The molecule has 3 rings (SSSR count). The quantitative estimate of drug-likeness (QED) is 0.529. The van der Waals surface area contributed by atoms with Gasteiger partial charge in [0, 0.05) is 17.8 Å². The molecule has 0 spiro atoms. The molecular formula is C19H21FN6. The molecule has 6 nitrogen and oxygen atoms in total. The zero-order chi connectivity index (χ0) is 18.2. The minimum atomic E-state index is -0.254. The summed E-state index contributed by atoms with van der Waals surface area (Å²) in [7, 11) is 0.